The molecule has 2 aromatic rings. The average molecular weight is 667 g/mol. The van der Waals surface area contributed by atoms with Crippen molar-refractivity contribution >= 4 is 11.8 Å². The van der Waals surface area contributed by atoms with Crippen molar-refractivity contribution < 1.29 is 24.5 Å². The molecule has 9 atom stereocenters. The predicted octanol–water partition coefficient (Wildman–Crippen LogP) is 7.27. The summed E-state index contributed by atoms with van der Waals surface area (Å²) < 4.78 is 5.36. The first-order chi connectivity index (χ1) is 23.4. The van der Waals surface area contributed by atoms with Crippen molar-refractivity contribution in [2.75, 3.05) is 26.8 Å². The van der Waals surface area contributed by atoms with Crippen molar-refractivity contribution in [2.45, 2.75) is 89.9 Å². The molecule has 3 saturated carbocycles. The summed E-state index contributed by atoms with van der Waals surface area (Å²) in [6, 6.07) is 19.2. The lowest BCUT2D eigenvalue weighted by molar-refractivity contribution is -0.174. The zero-order chi connectivity index (χ0) is 34.7. The minimum atomic E-state index is -1.14. The number of urea groups is 1. The molecule has 0 saturated heterocycles. The van der Waals surface area contributed by atoms with Crippen LogP contribution in [0.15, 0.2) is 84.5 Å². The number of Topliss-reactive ketones (excluding diaryl/α,β-unsaturated/α-hetero) is 1. The van der Waals surface area contributed by atoms with E-state index in [4.69, 9.17) is 4.74 Å². The molecule has 7 nitrogen and oxygen atoms in total. The third-order valence-corrected chi connectivity index (χ3v) is 14.1. The monoisotopic (exact) mass is 666 g/mol. The van der Waals surface area contributed by atoms with E-state index in [2.05, 4.69) is 37.4 Å². The molecule has 7 heteroatoms. The van der Waals surface area contributed by atoms with Crippen LogP contribution >= 0.6 is 0 Å². The number of rotatable bonds is 10. The molecule has 2 amide bonds. The van der Waals surface area contributed by atoms with Gasteiger partial charge in [-0.15, -0.1) is 0 Å². The Morgan fingerprint density at radius 1 is 0.939 bits per heavy atom. The van der Waals surface area contributed by atoms with Crippen LogP contribution in [-0.2, 0) is 4.74 Å². The van der Waals surface area contributed by atoms with Gasteiger partial charge in [0.1, 0.15) is 0 Å². The Morgan fingerprint density at radius 3 is 2.31 bits per heavy atom. The van der Waals surface area contributed by atoms with Gasteiger partial charge in [-0.25, -0.2) is 4.79 Å². The molecule has 49 heavy (non-hydrogen) atoms. The molecular formula is C42H54N2O5. The van der Waals surface area contributed by atoms with Crippen LogP contribution in [0.3, 0.4) is 0 Å². The third-order valence-electron chi connectivity index (χ3n) is 14.1. The molecule has 262 valence electrons. The Bertz CT molecular complexity index is 1630. The highest BCUT2D eigenvalue weighted by molar-refractivity contribution is 6.10. The summed E-state index contributed by atoms with van der Waals surface area (Å²) in [5, 5.41) is 27.1. The maximum Gasteiger partial charge on any atom is 0.317 e. The number of aliphatic hydroxyl groups is 2. The Hall–Kier alpha value is -3.26. The fourth-order valence-corrected chi connectivity index (χ4v) is 11.4. The van der Waals surface area contributed by atoms with Gasteiger partial charge in [-0.2, -0.15) is 0 Å². The number of benzene rings is 2. The van der Waals surface area contributed by atoms with Crippen LogP contribution in [0.1, 0.15) is 94.1 Å². The second kappa shape index (κ2) is 12.5. The first kappa shape index (κ1) is 34.2. The fraction of sp³-hybridized carbons (Fsp3) is 0.571. The topological polar surface area (TPSA) is 99.1 Å². The highest BCUT2D eigenvalue weighted by Crippen LogP contribution is 2.78. The normalized spacial score (nSPS) is 37.8. The van der Waals surface area contributed by atoms with E-state index < -0.39 is 22.5 Å². The van der Waals surface area contributed by atoms with E-state index in [1.807, 2.05) is 67.6 Å². The zero-order valence-corrected chi connectivity index (χ0v) is 29.7. The molecular weight excluding hydrogens is 612 g/mol. The summed E-state index contributed by atoms with van der Waals surface area (Å²) in [5.41, 5.74) is -0.0997. The number of carbonyl (C=O) groups excluding carboxylic acids is 2. The zero-order valence-electron chi connectivity index (χ0n) is 29.7. The molecule has 8 rings (SSSR count). The molecule has 0 aliphatic heterocycles. The molecule has 3 fully saturated rings. The van der Waals surface area contributed by atoms with Gasteiger partial charge in [-0.05, 0) is 81.1 Å². The molecule has 2 bridgehead atoms. The van der Waals surface area contributed by atoms with Gasteiger partial charge >= 0.3 is 6.03 Å². The number of amides is 2. The summed E-state index contributed by atoms with van der Waals surface area (Å²) in [5.74, 6) is 0.304. The second-order valence-electron chi connectivity index (χ2n) is 16.4. The summed E-state index contributed by atoms with van der Waals surface area (Å²) in [6.45, 7) is 7.84. The van der Waals surface area contributed by atoms with E-state index in [0.29, 0.717) is 38.0 Å². The fourth-order valence-electron chi connectivity index (χ4n) is 11.4. The average Bonchev–Trinajstić information content (AvgIpc) is 3.38. The standard InChI is InChI=1S/C42H54N2O5/c1-29(30-12-7-5-8-13-30)43-37(47)44(24-11-25-49-4)28-41(48)21-18-35-39(41,3)20-17-34-38(2)19-16-32(45)26-40(38)22-23-42(34,35)33(27-40)36(46)31-14-9-6-10-15-31/h5-10,12-15,22-23,27,29,32,34-35,45,48H,11,16-21,24-26,28H2,1-4H3,(H,43,47)/t29-,32?,34-,35-,38-,39+,40+,41-,42-/m1/s1. The van der Waals surface area contributed by atoms with Crippen LogP contribution in [-0.4, -0.2) is 65.4 Å². The lowest BCUT2D eigenvalue weighted by Gasteiger charge is -2.71. The SMILES string of the molecule is COCCCN(C[C@]1(O)CC[C@H]2[C@]34C=C[C@@]5(C=C3C(=O)c3ccccc3)CC(O)CC[C@]5(C)[C@H]4CC[C@@]21C)C(=O)N[C@H](C)c1ccccc1. The van der Waals surface area contributed by atoms with Gasteiger partial charge in [0.2, 0.25) is 0 Å². The van der Waals surface area contributed by atoms with Crippen LogP contribution < -0.4 is 5.32 Å². The van der Waals surface area contributed by atoms with Crippen molar-refractivity contribution in [2.24, 2.45) is 33.5 Å². The van der Waals surface area contributed by atoms with Gasteiger partial charge < -0.3 is 25.2 Å². The molecule has 0 heterocycles. The number of aliphatic hydroxyl groups excluding tert-OH is 1. The Balaban J connectivity index is 1.25. The molecule has 0 radical (unpaired) electrons. The van der Waals surface area contributed by atoms with Crippen molar-refractivity contribution in [3.63, 3.8) is 0 Å². The van der Waals surface area contributed by atoms with Gasteiger partial charge in [0.15, 0.2) is 5.78 Å². The van der Waals surface area contributed by atoms with Gasteiger partial charge in [0.05, 0.1) is 24.3 Å². The molecule has 6 aliphatic carbocycles. The quantitative estimate of drug-likeness (QED) is 0.141. The van der Waals surface area contributed by atoms with E-state index in [1.54, 1.807) is 12.0 Å². The van der Waals surface area contributed by atoms with Gasteiger partial charge in [0.25, 0.3) is 0 Å². The van der Waals surface area contributed by atoms with Crippen LogP contribution in [0.5, 0.6) is 0 Å². The van der Waals surface area contributed by atoms with E-state index in [-0.39, 0.29) is 47.1 Å². The number of fused-ring (bicyclic) bond motifs is 1. The minimum Gasteiger partial charge on any atom is -0.393 e. The van der Waals surface area contributed by atoms with Crippen LogP contribution in [0.4, 0.5) is 4.79 Å². The van der Waals surface area contributed by atoms with Crippen LogP contribution in [0.2, 0.25) is 0 Å². The third kappa shape index (κ3) is 5.17. The summed E-state index contributed by atoms with van der Waals surface area (Å²) >= 11 is 0. The maximum absolute atomic E-state index is 14.7. The maximum atomic E-state index is 14.7. The number of nitrogens with one attached hydrogen (secondary N) is 1. The van der Waals surface area contributed by atoms with E-state index >= 15 is 0 Å². The lowest BCUT2D eigenvalue weighted by Crippen LogP contribution is -2.67. The second-order valence-corrected chi connectivity index (χ2v) is 16.4. The molecule has 2 aromatic carbocycles. The Kier molecular flexibility index (Phi) is 8.73. The number of nitrogens with zero attached hydrogens (tertiary/aromatic N) is 1. The minimum absolute atomic E-state index is 0.0213. The van der Waals surface area contributed by atoms with Crippen molar-refractivity contribution in [3.8, 4) is 0 Å². The van der Waals surface area contributed by atoms with Crippen molar-refractivity contribution in [1.82, 2.24) is 10.2 Å². The summed E-state index contributed by atoms with van der Waals surface area (Å²) in [4.78, 5) is 30.5. The first-order valence-corrected chi connectivity index (χ1v) is 18.5. The highest BCUT2D eigenvalue weighted by Gasteiger charge is 2.74. The highest BCUT2D eigenvalue weighted by atomic mass is 16.5. The first-order valence-electron chi connectivity index (χ1n) is 18.5. The van der Waals surface area contributed by atoms with Gasteiger partial charge in [-0.1, -0.05) is 92.7 Å². The molecule has 2 spiro atoms. The number of methoxy groups -OCH3 is 1. The summed E-state index contributed by atoms with van der Waals surface area (Å²) in [7, 11) is 1.67. The smallest absolute Gasteiger partial charge is 0.317 e. The number of carbonyl (C=O) groups is 2. The molecule has 3 N–H and O–H groups in total. The largest absolute Gasteiger partial charge is 0.393 e. The van der Waals surface area contributed by atoms with Gasteiger partial charge in [-0.3, -0.25) is 4.79 Å². The van der Waals surface area contributed by atoms with E-state index in [0.717, 1.165) is 43.2 Å². The van der Waals surface area contributed by atoms with Crippen molar-refractivity contribution in [3.05, 3.63) is 95.6 Å². The molecule has 6 aliphatic rings. The number of ether oxygens (including phenoxy) is 1. The van der Waals surface area contributed by atoms with Crippen LogP contribution in [0.25, 0.3) is 0 Å². The number of hydrogen-bond acceptors (Lipinski definition) is 5. The Morgan fingerprint density at radius 2 is 1.59 bits per heavy atom. The van der Waals surface area contributed by atoms with E-state index in [9.17, 15) is 19.8 Å². The number of hydrogen-bond donors (Lipinski definition) is 3. The van der Waals surface area contributed by atoms with Crippen LogP contribution in [0, 0.1) is 33.5 Å². The number of ketones is 1. The predicted molar refractivity (Wildman–Crippen MR) is 191 cm³/mol. The van der Waals surface area contributed by atoms with E-state index in [1.165, 1.54) is 0 Å². The lowest BCUT2D eigenvalue weighted by atomic mass is 9.32. The Labute approximate surface area is 291 Å². The molecule has 1 unspecified atom stereocenters. The molecule has 0 aromatic heterocycles. The summed E-state index contributed by atoms with van der Waals surface area (Å²) in [6.07, 6.45) is 12.6. The van der Waals surface area contributed by atoms with Crippen molar-refractivity contribution in [1.29, 1.82) is 0 Å². The number of allylic oxidation sites excluding steroid dienone is 4. The van der Waals surface area contributed by atoms with Gasteiger partial charge in [0, 0.05) is 47.6 Å².